The summed E-state index contributed by atoms with van der Waals surface area (Å²) < 4.78 is 37.5. The van der Waals surface area contributed by atoms with E-state index in [0.29, 0.717) is 13.0 Å². The highest BCUT2D eigenvalue weighted by molar-refractivity contribution is 5.24. The number of hydrogen-bond donors (Lipinski definition) is 0. The SMILES string of the molecule is CC.CC1(CC#N)CCN(Cc2ccc(C(F)(F)F)cc2)CC1. The molecule has 2 rings (SSSR count). The fourth-order valence-electron chi connectivity index (χ4n) is 2.68. The number of alkyl halides is 3. The molecule has 0 radical (unpaired) electrons. The highest BCUT2D eigenvalue weighted by atomic mass is 19.4. The van der Waals surface area contributed by atoms with E-state index in [1.54, 1.807) is 12.1 Å². The molecule has 1 aromatic rings. The van der Waals surface area contributed by atoms with Gasteiger partial charge in [-0.15, -0.1) is 0 Å². The Bertz CT molecular complexity index is 507. The molecule has 5 heteroatoms. The molecule has 1 heterocycles. The predicted molar refractivity (Wildman–Crippen MR) is 85.6 cm³/mol. The standard InChI is InChI=1S/C16H19F3N2.C2H6/c1-15(6-9-20)7-10-21(11-8-15)12-13-2-4-14(5-3-13)16(17,18)19;1-2/h2-5H,6-8,10-12H2,1H3;1-2H3. The van der Waals surface area contributed by atoms with Gasteiger partial charge in [0.1, 0.15) is 0 Å². The Kier molecular flexibility index (Phi) is 7.08. The average Bonchev–Trinajstić information content (AvgIpc) is 2.52. The van der Waals surface area contributed by atoms with Crippen molar-refractivity contribution in [2.45, 2.75) is 52.8 Å². The highest BCUT2D eigenvalue weighted by Gasteiger charge is 2.31. The van der Waals surface area contributed by atoms with Gasteiger partial charge in [0.25, 0.3) is 0 Å². The van der Waals surface area contributed by atoms with Crippen LogP contribution in [0, 0.1) is 16.7 Å². The third kappa shape index (κ3) is 5.87. The van der Waals surface area contributed by atoms with Gasteiger partial charge in [-0.05, 0) is 49.0 Å². The third-order valence-electron chi connectivity index (χ3n) is 4.26. The second-order valence-corrected chi connectivity index (χ2v) is 6.12. The van der Waals surface area contributed by atoms with Crippen LogP contribution in [0.15, 0.2) is 24.3 Å². The lowest BCUT2D eigenvalue weighted by molar-refractivity contribution is -0.137. The molecular formula is C18H25F3N2. The van der Waals surface area contributed by atoms with E-state index in [0.717, 1.165) is 43.6 Å². The minimum absolute atomic E-state index is 0.0887. The number of nitriles is 1. The van der Waals surface area contributed by atoms with Crippen molar-refractivity contribution in [1.29, 1.82) is 5.26 Å². The van der Waals surface area contributed by atoms with Crippen LogP contribution in [-0.4, -0.2) is 18.0 Å². The number of rotatable bonds is 3. The van der Waals surface area contributed by atoms with Crippen LogP contribution in [0.4, 0.5) is 13.2 Å². The first-order valence-electron chi connectivity index (χ1n) is 8.08. The monoisotopic (exact) mass is 326 g/mol. The highest BCUT2D eigenvalue weighted by Crippen LogP contribution is 2.34. The van der Waals surface area contributed by atoms with Crippen LogP contribution in [0.2, 0.25) is 0 Å². The van der Waals surface area contributed by atoms with Gasteiger partial charge in [0.05, 0.1) is 11.6 Å². The van der Waals surface area contributed by atoms with Crippen LogP contribution in [-0.2, 0) is 12.7 Å². The summed E-state index contributed by atoms with van der Waals surface area (Å²) in [6.07, 6.45) is -1.79. The van der Waals surface area contributed by atoms with Gasteiger partial charge in [-0.3, -0.25) is 4.90 Å². The quantitative estimate of drug-likeness (QED) is 0.759. The Labute approximate surface area is 136 Å². The number of halogens is 3. The Balaban J connectivity index is 0.00000127. The van der Waals surface area contributed by atoms with Crippen molar-refractivity contribution in [3.63, 3.8) is 0 Å². The predicted octanol–water partition coefficient (Wildman–Crippen LogP) is 5.25. The molecule has 128 valence electrons. The van der Waals surface area contributed by atoms with E-state index in [2.05, 4.69) is 17.9 Å². The first-order valence-corrected chi connectivity index (χ1v) is 8.08. The van der Waals surface area contributed by atoms with E-state index in [1.807, 2.05) is 13.8 Å². The largest absolute Gasteiger partial charge is 0.416 e. The molecule has 0 unspecified atom stereocenters. The minimum Gasteiger partial charge on any atom is -0.299 e. The number of hydrogen-bond acceptors (Lipinski definition) is 2. The number of benzene rings is 1. The molecule has 0 bridgehead atoms. The normalized spacial score (nSPS) is 17.8. The number of nitrogens with zero attached hydrogens (tertiary/aromatic N) is 2. The van der Waals surface area contributed by atoms with Gasteiger partial charge in [-0.2, -0.15) is 18.4 Å². The van der Waals surface area contributed by atoms with Gasteiger partial charge in [0, 0.05) is 13.0 Å². The lowest BCUT2D eigenvalue weighted by Crippen LogP contribution is -2.38. The van der Waals surface area contributed by atoms with Crippen LogP contribution >= 0.6 is 0 Å². The number of piperidine rings is 1. The van der Waals surface area contributed by atoms with Crippen molar-refractivity contribution in [2.75, 3.05) is 13.1 Å². The van der Waals surface area contributed by atoms with Crippen molar-refractivity contribution in [1.82, 2.24) is 4.90 Å². The molecular weight excluding hydrogens is 301 g/mol. The van der Waals surface area contributed by atoms with Crippen molar-refractivity contribution in [3.8, 4) is 6.07 Å². The molecule has 1 aromatic carbocycles. The van der Waals surface area contributed by atoms with Crippen LogP contribution in [0.3, 0.4) is 0 Å². The minimum atomic E-state index is -4.28. The van der Waals surface area contributed by atoms with Crippen molar-refractivity contribution in [3.05, 3.63) is 35.4 Å². The number of likely N-dealkylation sites (tertiary alicyclic amines) is 1. The molecule has 2 nitrogen and oxygen atoms in total. The van der Waals surface area contributed by atoms with E-state index >= 15 is 0 Å². The molecule has 0 spiro atoms. The summed E-state index contributed by atoms with van der Waals surface area (Å²) in [5, 5.41) is 8.82. The molecule has 0 atom stereocenters. The molecule has 1 fully saturated rings. The lowest BCUT2D eigenvalue weighted by atomic mass is 9.78. The van der Waals surface area contributed by atoms with E-state index in [4.69, 9.17) is 5.26 Å². The van der Waals surface area contributed by atoms with E-state index in [9.17, 15) is 13.2 Å². The van der Waals surface area contributed by atoms with Crippen LogP contribution in [0.1, 0.15) is 51.2 Å². The summed E-state index contributed by atoms with van der Waals surface area (Å²) in [5.74, 6) is 0. The smallest absolute Gasteiger partial charge is 0.299 e. The first-order chi connectivity index (χ1) is 10.8. The molecule has 0 saturated carbocycles. The van der Waals surface area contributed by atoms with Gasteiger partial charge in [0.15, 0.2) is 0 Å². The van der Waals surface area contributed by atoms with Gasteiger partial charge in [0.2, 0.25) is 0 Å². The van der Waals surface area contributed by atoms with Gasteiger partial charge in [-0.1, -0.05) is 32.9 Å². The Morgan fingerprint density at radius 2 is 1.65 bits per heavy atom. The Hall–Kier alpha value is -1.54. The molecule has 23 heavy (non-hydrogen) atoms. The molecule has 1 saturated heterocycles. The van der Waals surface area contributed by atoms with Crippen LogP contribution in [0.5, 0.6) is 0 Å². The summed E-state index contributed by atoms with van der Waals surface area (Å²) in [6.45, 7) is 8.57. The Morgan fingerprint density at radius 1 is 1.13 bits per heavy atom. The zero-order valence-corrected chi connectivity index (χ0v) is 14.1. The molecule has 1 aliphatic heterocycles. The average molecular weight is 326 g/mol. The maximum Gasteiger partial charge on any atom is 0.416 e. The van der Waals surface area contributed by atoms with Gasteiger partial charge >= 0.3 is 6.18 Å². The second kappa shape index (κ2) is 8.35. The van der Waals surface area contributed by atoms with E-state index < -0.39 is 11.7 Å². The van der Waals surface area contributed by atoms with Crippen molar-refractivity contribution < 1.29 is 13.2 Å². The molecule has 0 aromatic heterocycles. The lowest BCUT2D eigenvalue weighted by Gasteiger charge is -2.38. The van der Waals surface area contributed by atoms with E-state index in [-0.39, 0.29) is 5.41 Å². The molecule has 1 aliphatic rings. The third-order valence-corrected chi connectivity index (χ3v) is 4.26. The van der Waals surface area contributed by atoms with E-state index in [1.165, 1.54) is 0 Å². The van der Waals surface area contributed by atoms with Gasteiger partial charge < -0.3 is 0 Å². The zero-order chi connectivity index (χ0) is 17.5. The Morgan fingerprint density at radius 3 is 2.09 bits per heavy atom. The van der Waals surface area contributed by atoms with Gasteiger partial charge in [-0.25, -0.2) is 0 Å². The molecule has 0 N–H and O–H groups in total. The van der Waals surface area contributed by atoms with Crippen LogP contribution < -0.4 is 0 Å². The fourth-order valence-corrected chi connectivity index (χ4v) is 2.68. The van der Waals surface area contributed by atoms with Crippen molar-refractivity contribution in [2.24, 2.45) is 5.41 Å². The maximum atomic E-state index is 12.5. The fraction of sp³-hybridized carbons (Fsp3) is 0.611. The maximum absolute atomic E-state index is 12.5. The summed E-state index contributed by atoms with van der Waals surface area (Å²) in [4.78, 5) is 2.24. The summed E-state index contributed by atoms with van der Waals surface area (Å²) in [6, 6.07) is 7.61. The summed E-state index contributed by atoms with van der Waals surface area (Å²) in [5.41, 5.74) is 0.379. The molecule has 0 amide bonds. The summed E-state index contributed by atoms with van der Waals surface area (Å²) in [7, 11) is 0. The second-order valence-electron chi connectivity index (χ2n) is 6.12. The first kappa shape index (κ1) is 19.5. The topological polar surface area (TPSA) is 27.0 Å². The molecule has 0 aliphatic carbocycles. The summed E-state index contributed by atoms with van der Waals surface area (Å²) >= 11 is 0. The zero-order valence-electron chi connectivity index (χ0n) is 14.1. The van der Waals surface area contributed by atoms with Crippen LogP contribution in [0.25, 0.3) is 0 Å². The van der Waals surface area contributed by atoms with Crippen molar-refractivity contribution >= 4 is 0 Å².